The molecule has 74 valence electrons. The summed E-state index contributed by atoms with van der Waals surface area (Å²) in [4.78, 5) is 0. The van der Waals surface area contributed by atoms with E-state index in [4.69, 9.17) is 5.11 Å². The smallest absolute Gasteiger partial charge is 0.0865 e. The van der Waals surface area contributed by atoms with Gasteiger partial charge >= 0.3 is 0 Å². The highest BCUT2D eigenvalue weighted by molar-refractivity contribution is 5.27. The van der Waals surface area contributed by atoms with Crippen LogP contribution in [0.25, 0.3) is 0 Å². The summed E-state index contributed by atoms with van der Waals surface area (Å²) in [5.41, 5.74) is 0.246. The lowest BCUT2D eigenvalue weighted by molar-refractivity contribution is 0.0802. The van der Waals surface area contributed by atoms with Gasteiger partial charge in [-0.1, -0.05) is 38.0 Å². The zero-order valence-corrected chi connectivity index (χ0v) is 8.16. The first-order valence-corrected chi connectivity index (χ1v) is 4.92. The van der Waals surface area contributed by atoms with Gasteiger partial charge in [0.1, 0.15) is 0 Å². The normalized spacial score (nSPS) is 27.5. The van der Waals surface area contributed by atoms with Crippen molar-refractivity contribution in [3.05, 3.63) is 23.8 Å². The minimum absolute atomic E-state index is 0.0698. The summed E-state index contributed by atoms with van der Waals surface area (Å²) in [6, 6.07) is 0. The molecule has 0 heterocycles. The van der Waals surface area contributed by atoms with Gasteiger partial charge in [0.25, 0.3) is 0 Å². The second kappa shape index (κ2) is 4.58. The van der Waals surface area contributed by atoms with E-state index >= 15 is 0 Å². The van der Waals surface area contributed by atoms with Crippen LogP contribution in [-0.4, -0.2) is 22.4 Å². The van der Waals surface area contributed by atoms with Crippen molar-refractivity contribution >= 4 is 0 Å². The van der Waals surface area contributed by atoms with Crippen LogP contribution >= 0.6 is 0 Å². The number of aliphatic hydroxyl groups excluding tert-OH is 1. The first-order valence-electron chi connectivity index (χ1n) is 4.92. The highest BCUT2D eigenvalue weighted by atomic mass is 16.3. The van der Waals surface area contributed by atoms with E-state index in [1.807, 2.05) is 18.2 Å². The van der Waals surface area contributed by atoms with Gasteiger partial charge in [-0.3, -0.25) is 0 Å². The topological polar surface area (TPSA) is 40.5 Å². The SMILES string of the molecule is CCCCC1(O)C=CC(CO)=CC1. The van der Waals surface area contributed by atoms with Crippen molar-refractivity contribution in [2.75, 3.05) is 6.61 Å². The lowest BCUT2D eigenvalue weighted by atomic mass is 9.88. The molecule has 13 heavy (non-hydrogen) atoms. The van der Waals surface area contributed by atoms with Gasteiger partial charge in [0, 0.05) is 0 Å². The Balaban J connectivity index is 2.48. The largest absolute Gasteiger partial charge is 0.392 e. The standard InChI is InChI=1S/C11H18O2/c1-2-3-6-11(13)7-4-10(9-12)5-8-11/h4-5,7,12-13H,2-3,6,8-9H2,1H3. The van der Waals surface area contributed by atoms with Crippen molar-refractivity contribution < 1.29 is 10.2 Å². The van der Waals surface area contributed by atoms with Crippen molar-refractivity contribution in [1.29, 1.82) is 0 Å². The van der Waals surface area contributed by atoms with Crippen molar-refractivity contribution in [2.24, 2.45) is 0 Å². The van der Waals surface area contributed by atoms with E-state index in [1.165, 1.54) is 0 Å². The molecule has 1 rings (SSSR count). The zero-order valence-electron chi connectivity index (χ0n) is 8.16. The van der Waals surface area contributed by atoms with Gasteiger partial charge in [-0.25, -0.2) is 0 Å². The average Bonchev–Trinajstić information content (AvgIpc) is 2.16. The minimum Gasteiger partial charge on any atom is -0.392 e. The Hall–Kier alpha value is -0.600. The van der Waals surface area contributed by atoms with E-state index in [-0.39, 0.29) is 6.61 Å². The molecule has 0 saturated heterocycles. The van der Waals surface area contributed by atoms with E-state index in [0.29, 0.717) is 6.42 Å². The van der Waals surface area contributed by atoms with Gasteiger partial charge in [0.05, 0.1) is 12.2 Å². The number of rotatable bonds is 4. The van der Waals surface area contributed by atoms with Crippen molar-refractivity contribution in [3.8, 4) is 0 Å². The fourth-order valence-corrected chi connectivity index (χ4v) is 1.49. The quantitative estimate of drug-likeness (QED) is 0.696. The summed E-state index contributed by atoms with van der Waals surface area (Å²) in [5.74, 6) is 0. The summed E-state index contributed by atoms with van der Waals surface area (Å²) in [6.45, 7) is 2.19. The maximum Gasteiger partial charge on any atom is 0.0865 e. The molecular weight excluding hydrogens is 164 g/mol. The molecule has 0 aromatic rings. The maximum absolute atomic E-state index is 10.0. The van der Waals surface area contributed by atoms with Gasteiger partial charge in [0.2, 0.25) is 0 Å². The summed E-state index contributed by atoms with van der Waals surface area (Å²) < 4.78 is 0. The molecule has 0 saturated carbocycles. The molecule has 1 aliphatic rings. The van der Waals surface area contributed by atoms with Crippen LogP contribution in [0.5, 0.6) is 0 Å². The Bertz CT molecular complexity index is 218. The predicted molar refractivity (Wildman–Crippen MR) is 53.4 cm³/mol. The van der Waals surface area contributed by atoms with Crippen LogP contribution in [0.15, 0.2) is 23.8 Å². The molecule has 0 radical (unpaired) electrons. The van der Waals surface area contributed by atoms with Gasteiger partial charge in [-0.2, -0.15) is 0 Å². The van der Waals surface area contributed by atoms with Crippen LogP contribution in [0.3, 0.4) is 0 Å². The van der Waals surface area contributed by atoms with Crippen molar-refractivity contribution in [1.82, 2.24) is 0 Å². The average molecular weight is 182 g/mol. The Kier molecular flexibility index (Phi) is 3.70. The van der Waals surface area contributed by atoms with Gasteiger partial charge < -0.3 is 10.2 Å². The van der Waals surface area contributed by atoms with Crippen LogP contribution in [0.4, 0.5) is 0 Å². The Morgan fingerprint density at radius 3 is 2.77 bits per heavy atom. The first-order chi connectivity index (χ1) is 6.20. The predicted octanol–water partition coefficient (Wildman–Crippen LogP) is 1.79. The monoisotopic (exact) mass is 182 g/mol. The highest BCUT2D eigenvalue weighted by Crippen LogP contribution is 2.25. The Labute approximate surface area is 79.6 Å². The second-order valence-electron chi connectivity index (χ2n) is 3.68. The van der Waals surface area contributed by atoms with Crippen LogP contribution in [0.1, 0.15) is 32.6 Å². The van der Waals surface area contributed by atoms with Crippen LogP contribution in [0.2, 0.25) is 0 Å². The van der Waals surface area contributed by atoms with Crippen molar-refractivity contribution in [3.63, 3.8) is 0 Å². The van der Waals surface area contributed by atoms with E-state index in [9.17, 15) is 5.11 Å². The summed E-state index contributed by atoms with van der Waals surface area (Å²) in [7, 11) is 0. The van der Waals surface area contributed by atoms with E-state index in [1.54, 1.807) is 0 Å². The minimum atomic E-state index is -0.658. The number of hydrogen-bond donors (Lipinski definition) is 2. The van der Waals surface area contributed by atoms with Gasteiger partial charge in [0.15, 0.2) is 0 Å². The molecule has 0 aromatic carbocycles. The highest BCUT2D eigenvalue weighted by Gasteiger charge is 2.23. The Morgan fingerprint density at radius 2 is 2.31 bits per heavy atom. The molecule has 1 aliphatic carbocycles. The molecule has 0 fully saturated rings. The van der Waals surface area contributed by atoms with Gasteiger partial charge in [-0.15, -0.1) is 0 Å². The fraction of sp³-hybridized carbons (Fsp3) is 0.636. The van der Waals surface area contributed by atoms with E-state index < -0.39 is 5.60 Å². The lowest BCUT2D eigenvalue weighted by Gasteiger charge is -2.26. The number of unbranched alkanes of at least 4 members (excludes halogenated alkanes) is 1. The third-order valence-corrected chi connectivity index (χ3v) is 2.47. The number of hydrogen-bond acceptors (Lipinski definition) is 2. The molecule has 1 atom stereocenters. The van der Waals surface area contributed by atoms with E-state index in [2.05, 4.69) is 6.92 Å². The molecule has 0 aliphatic heterocycles. The van der Waals surface area contributed by atoms with Crippen molar-refractivity contribution in [2.45, 2.75) is 38.2 Å². The molecule has 2 N–H and O–H groups in total. The molecule has 0 amide bonds. The first kappa shape index (κ1) is 10.5. The van der Waals surface area contributed by atoms with E-state index in [0.717, 1.165) is 24.8 Å². The van der Waals surface area contributed by atoms with Gasteiger partial charge in [-0.05, 0) is 18.4 Å². The molecule has 0 aromatic heterocycles. The number of aliphatic hydroxyl groups is 2. The molecule has 0 bridgehead atoms. The third-order valence-electron chi connectivity index (χ3n) is 2.47. The van der Waals surface area contributed by atoms with Crippen LogP contribution in [-0.2, 0) is 0 Å². The fourth-order valence-electron chi connectivity index (χ4n) is 1.49. The summed E-state index contributed by atoms with van der Waals surface area (Å²) in [5, 5.41) is 18.8. The Morgan fingerprint density at radius 1 is 1.54 bits per heavy atom. The summed E-state index contributed by atoms with van der Waals surface area (Å²) in [6.07, 6.45) is 9.15. The van der Waals surface area contributed by atoms with Crippen LogP contribution in [0, 0.1) is 0 Å². The maximum atomic E-state index is 10.0. The molecule has 2 nitrogen and oxygen atoms in total. The summed E-state index contributed by atoms with van der Waals surface area (Å²) >= 11 is 0. The second-order valence-corrected chi connectivity index (χ2v) is 3.68. The molecular formula is C11H18O2. The third kappa shape index (κ3) is 2.98. The zero-order chi connectivity index (χ0) is 9.73. The molecule has 2 heteroatoms. The molecule has 1 unspecified atom stereocenters. The lowest BCUT2D eigenvalue weighted by Crippen LogP contribution is -2.26. The molecule has 0 spiro atoms. The van der Waals surface area contributed by atoms with Crippen LogP contribution < -0.4 is 0 Å².